The third-order valence-corrected chi connectivity index (χ3v) is 5.47. The van der Waals surface area contributed by atoms with E-state index < -0.39 is 0 Å². The van der Waals surface area contributed by atoms with Gasteiger partial charge in [0.25, 0.3) is 5.91 Å². The van der Waals surface area contributed by atoms with Crippen molar-refractivity contribution in [3.8, 4) is 10.8 Å². The Morgan fingerprint density at radius 1 is 1.00 bits per heavy atom. The van der Waals surface area contributed by atoms with Crippen LogP contribution in [0.15, 0.2) is 65.1 Å². The van der Waals surface area contributed by atoms with E-state index in [0.717, 1.165) is 32.1 Å². The number of para-hydroxylation sites is 3. The van der Waals surface area contributed by atoms with E-state index in [4.69, 9.17) is 4.42 Å². The molecule has 0 unspecified atom stereocenters. The second-order valence-electron chi connectivity index (χ2n) is 6.36. The highest BCUT2D eigenvalue weighted by Crippen LogP contribution is 2.31. The van der Waals surface area contributed by atoms with Gasteiger partial charge >= 0.3 is 0 Å². The summed E-state index contributed by atoms with van der Waals surface area (Å²) in [5.74, 6) is 1.47. The number of amides is 1. The van der Waals surface area contributed by atoms with Crippen molar-refractivity contribution in [2.75, 3.05) is 6.54 Å². The SMILES string of the molecule is O=C(NCCc1nc2ccccc2[nH]1)c1ccc(-c2nc3ccccc3s2)o1. The quantitative estimate of drug-likeness (QED) is 0.467. The molecule has 7 heteroatoms. The Hall–Kier alpha value is -3.45. The first-order valence-electron chi connectivity index (χ1n) is 8.94. The van der Waals surface area contributed by atoms with E-state index in [-0.39, 0.29) is 11.7 Å². The topological polar surface area (TPSA) is 83.8 Å². The third-order valence-electron chi connectivity index (χ3n) is 4.42. The third kappa shape index (κ3) is 3.16. The first kappa shape index (κ1) is 16.7. The highest BCUT2D eigenvalue weighted by Gasteiger charge is 2.15. The van der Waals surface area contributed by atoms with E-state index in [1.807, 2.05) is 48.5 Å². The Labute approximate surface area is 164 Å². The molecule has 0 aliphatic rings. The number of aromatic nitrogens is 3. The molecule has 6 nitrogen and oxygen atoms in total. The summed E-state index contributed by atoms with van der Waals surface area (Å²) < 4.78 is 6.81. The number of thiazole rings is 1. The van der Waals surface area contributed by atoms with E-state index in [9.17, 15) is 4.79 Å². The lowest BCUT2D eigenvalue weighted by molar-refractivity contribution is 0.0927. The highest BCUT2D eigenvalue weighted by atomic mass is 32.1. The van der Waals surface area contributed by atoms with E-state index in [0.29, 0.717) is 18.7 Å². The van der Waals surface area contributed by atoms with Crippen LogP contribution in [0, 0.1) is 0 Å². The highest BCUT2D eigenvalue weighted by molar-refractivity contribution is 7.21. The van der Waals surface area contributed by atoms with Gasteiger partial charge in [-0.3, -0.25) is 4.79 Å². The van der Waals surface area contributed by atoms with Gasteiger partial charge in [-0.1, -0.05) is 24.3 Å². The number of hydrogen-bond donors (Lipinski definition) is 2. The molecule has 0 aliphatic carbocycles. The van der Waals surface area contributed by atoms with E-state index in [2.05, 4.69) is 20.3 Å². The molecule has 0 spiro atoms. The van der Waals surface area contributed by atoms with Crippen LogP contribution in [-0.2, 0) is 6.42 Å². The number of rotatable bonds is 5. The smallest absolute Gasteiger partial charge is 0.287 e. The molecule has 5 aromatic rings. The molecule has 2 aromatic carbocycles. The van der Waals surface area contributed by atoms with Crippen LogP contribution in [0.25, 0.3) is 32.0 Å². The van der Waals surface area contributed by atoms with Crippen molar-refractivity contribution in [2.45, 2.75) is 6.42 Å². The summed E-state index contributed by atoms with van der Waals surface area (Å²) in [6.45, 7) is 0.468. The number of nitrogens with one attached hydrogen (secondary N) is 2. The van der Waals surface area contributed by atoms with Crippen molar-refractivity contribution < 1.29 is 9.21 Å². The molecule has 0 radical (unpaired) electrons. The predicted molar refractivity (Wildman–Crippen MR) is 109 cm³/mol. The zero-order chi connectivity index (χ0) is 18.9. The van der Waals surface area contributed by atoms with Gasteiger partial charge in [0.05, 0.1) is 21.3 Å². The molecule has 138 valence electrons. The number of aromatic amines is 1. The zero-order valence-corrected chi connectivity index (χ0v) is 15.6. The van der Waals surface area contributed by atoms with Crippen molar-refractivity contribution in [1.29, 1.82) is 0 Å². The largest absolute Gasteiger partial charge is 0.448 e. The number of benzene rings is 2. The van der Waals surface area contributed by atoms with E-state index >= 15 is 0 Å². The second-order valence-corrected chi connectivity index (χ2v) is 7.39. The lowest BCUT2D eigenvalue weighted by atomic mass is 10.3. The van der Waals surface area contributed by atoms with Gasteiger partial charge in [-0.25, -0.2) is 9.97 Å². The average molecular weight is 388 g/mol. The summed E-state index contributed by atoms with van der Waals surface area (Å²) in [6, 6.07) is 19.2. The molecule has 0 saturated heterocycles. The lowest BCUT2D eigenvalue weighted by Crippen LogP contribution is -2.25. The minimum absolute atomic E-state index is 0.247. The number of fused-ring (bicyclic) bond motifs is 2. The van der Waals surface area contributed by atoms with Crippen LogP contribution >= 0.6 is 11.3 Å². The van der Waals surface area contributed by atoms with Gasteiger partial charge in [-0.05, 0) is 36.4 Å². The second kappa shape index (κ2) is 6.94. The molecule has 2 N–H and O–H groups in total. The maximum atomic E-state index is 12.4. The van der Waals surface area contributed by atoms with Gasteiger partial charge in [0.1, 0.15) is 5.82 Å². The Morgan fingerprint density at radius 2 is 1.82 bits per heavy atom. The fraction of sp³-hybridized carbons (Fsp3) is 0.0952. The van der Waals surface area contributed by atoms with Crippen molar-refractivity contribution in [3.05, 3.63) is 72.2 Å². The van der Waals surface area contributed by atoms with Crippen molar-refractivity contribution in [3.63, 3.8) is 0 Å². The molecule has 1 amide bonds. The lowest BCUT2D eigenvalue weighted by Gasteiger charge is -2.01. The first-order chi connectivity index (χ1) is 13.8. The molecular weight excluding hydrogens is 372 g/mol. The predicted octanol–water partition coefficient (Wildman–Crippen LogP) is 4.41. The summed E-state index contributed by atoms with van der Waals surface area (Å²) in [4.78, 5) is 24.7. The van der Waals surface area contributed by atoms with Gasteiger partial charge in [0.15, 0.2) is 16.5 Å². The van der Waals surface area contributed by atoms with Crippen LogP contribution < -0.4 is 5.32 Å². The van der Waals surface area contributed by atoms with Crippen LogP contribution in [0.4, 0.5) is 0 Å². The molecule has 0 saturated carbocycles. The number of furan rings is 1. The zero-order valence-electron chi connectivity index (χ0n) is 14.8. The normalized spacial score (nSPS) is 11.3. The van der Waals surface area contributed by atoms with Crippen molar-refractivity contribution in [2.24, 2.45) is 0 Å². The summed E-state index contributed by atoms with van der Waals surface area (Å²) in [5.41, 5.74) is 2.85. The number of carbonyl (C=O) groups excluding carboxylic acids is 1. The molecule has 5 rings (SSSR count). The maximum absolute atomic E-state index is 12.4. The maximum Gasteiger partial charge on any atom is 0.287 e. The average Bonchev–Trinajstić information content (AvgIpc) is 3.44. The number of nitrogens with zero attached hydrogens (tertiary/aromatic N) is 2. The van der Waals surface area contributed by atoms with Gasteiger partial charge in [-0.15, -0.1) is 11.3 Å². The van der Waals surface area contributed by atoms with Crippen LogP contribution in [-0.4, -0.2) is 27.4 Å². The van der Waals surface area contributed by atoms with Crippen LogP contribution in [0.2, 0.25) is 0 Å². The van der Waals surface area contributed by atoms with Crippen molar-refractivity contribution in [1.82, 2.24) is 20.3 Å². The monoisotopic (exact) mass is 388 g/mol. The number of H-pyrrole nitrogens is 1. The van der Waals surface area contributed by atoms with Crippen LogP contribution in [0.3, 0.4) is 0 Å². The van der Waals surface area contributed by atoms with Crippen LogP contribution in [0.5, 0.6) is 0 Å². The number of imidazole rings is 1. The van der Waals surface area contributed by atoms with Gasteiger partial charge in [0.2, 0.25) is 0 Å². The summed E-state index contributed by atoms with van der Waals surface area (Å²) in [5, 5.41) is 3.64. The molecule has 0 bridgehead atoms. The Balaban J connectivity index is 1.24. The van der Waals surface area contributed by atoms with Gasteiger partial charge < -0.3 is 14.7 Å². The summed E-state index contributed by atoms with van der Waals surface area (Å²) >= 11 is 1.54. The summed E-state index contributed by atoms with van der Waals surface area (Å²) in [6.07, 6.45) is 0.617. The van der Waals surface area contributed by atoms with Gasteiger partial charge in [-0.2, -0.15) is 0 Å². The number of carbonyl (C=O) groups is 1. The van der Waals surface area contributed by atoms with Crippen molar-refractivity contribution >= 4 is 38.5 Å². The molecule has 0 fully saturated rings. The van der Waals surface area contributed by atoms with Crippen LogP contribution in [0.1, 0.15) is 16.4 Å². The number of hydrogen-bond acceptors (Lipinski definition) is 5. The summed E-state index contributed by atoms with van der Waals surface area (Å²) in [7, 11) is 0. The minimum atomic E-state index is -0.247. The minimum Gasteiger partial charge on any atom is -0.448 e. The Bertz CT molecular complexity index is 1220. The first-order valence-corrected chi connectivity index (χ1v) is 9.75. The fourth-order valence-electron chi connectivity index (χ4n) is 3.06. The molecule has 28 heavy (non-hydrogen) atoms. The molecule has 0 aliphatic heterocycles. The van der Waals surface area contributed by atoms with Gasteiger partial charge in [0, 0.05) is 13.0 Å². The Morgan fingerprint density at radius 3 is 2.68 bits per heavy atom. The Kier molecular flexibility index (Phi) is 4.14. The molecule has 3 aromatic heterocycles. The molecule has 3 heterocycles. The fourth-order valence-corrected chi connectivity index (χ4v) is 3.99. The van der Waals surface area contributed by atoms with E-state index in [1.54, 1.807) is 23.5 Å². The van der Waals surface area contributed by atoms with E-state index in [1.165, 1.54) is 0 Å². The molecular formula is C21H16N4O2S. The molecule has 0 atom stereocenters. The standard InChI is InChI=1S/C21H16N4O2S/c26-20(22-12-11-19-23-13-5-1-2-6-14(13)24-19)16-9-10-17(27-16)21-25-15-7-3-4-8-18(15)28-21/h1-10H,11-12H2,(H,22,26)(H,23,24).